The fraction of sp³-hybridized carbons (Fsp3) is 0.450. The molecule has 0 radical (unpaired) electrons. The maximum atomic E-state index is 13.2. The lowest BCUT2D eigenvalue weighted by molar-refractivity contribution is -0.147. The van der Waals surface area contributed by atoms with Gasteiger partial charge in [0.05, 0.1) is 6.20 Å². The fourth-order valence-corrected chi connectivity index (χ4v) is 3.40. The van der Waals surface area contributed by atoms with Crippen molar-refractivity contribution in [2.75, 3.05) is 13.1 Å². The molecule has 27 heavy (non-hydrogen) atoms. The first-order valence-electron chi connectivity index (χ1n) is 9.15. The highest BCUT2D eigenvalue weighted by molar-refractivity contribution is 6.35. The number of aromatic amines is 1. The summed E-state index contributed by atoms with van der Waals surface area (Å²) in [4.78, 5) is 26.3. The van der Waals surface area contributed by atoms with E-state index in [-0.39, 0.29) is 11.7 Å². The molecule has 2 N–H and O–H groups in total. The van der Waals surface area contributed by atoms with Crippen LogP contribution in [0.3, 0.4) is 0 Å². The first kappa shape index (κ1) is 19.1. The van der Waals surface area contributed by atoms with Crippen LogP contribution < -0.4 is 5.32 Å². The van der Waals surface area contributed by atoms with Crippen molar-refractivity contribution in [1.82, 2.24) is 20.4 Å². The van der Waals surface area contributed by atoms with Crippen LogP contribution in [-0.2, 0) is 9.59 Å². The molecule has 0 saturated carbocycles. The molecule has 1 aliphatic heterocycles. The average molecular weight is 372 g/mol. The molecule has 2 amide bonds. The van der Waals surface area contributed by atoms with E-state index in [2.05, 4.69) is 15.5 Å². The van der Waals surface area contributed by atoms with Gasteiger partial charge in [0.25, 0.3) is 0 Å². The zero-order chi connectivity index (χ0) is 19.6. The fourth-order valence-electron chi connectivity index (χ4n) is 3.40. The van der Waals surface area contributed by atoms with Gasteiger partial charge in [-0.15, -0.1) is 0 Å². The van der Waals surface area contributed by atoms with E-state index in [1.807, 2.05) is 20.8 Å². The molecule has 1 atom stereocenters. The van der Waals surface area contributed by atoms with Gasteiger partial charge in [-0.1, -0.05) is 12.1 Å². The number of hydrogen-bond acceptors (Lipinski definition) is 3. The van der Waals surface area contributed by atoms with E-state index in [0.29, 0.717) is 13.1 Å². The summed E-state index contributed by atoms with van der Waals surface area (Å²) in [5.41, 5.74) is 2.22. The smallest absolute Gasteiger partial charge is 0.311 e. The van der Waals surface area contributed by atoms with Gasteiger partial charge < -0.3 is 10.2 Å². The number of hydrogen-bond donors (Lipinski definition) is 2. The first-order chi connectivity index (χ1) is 12.7. The van der Waals surface area contributed by atoms with Crippen LogP contribution in [0.4, 0.5) is 4.39 Å². The van der Waals surface area contributed by atoms with Gasteiger partial charge >= 0.3 is 11.8 Å². The van der Waals surface area contributed by atoms with Crippen molar-refractivity contribution < 1.29 is 14.0 Å². The molecule has 1 aromatic heterocycles. The van der Waals surface area contributed by atoms with E-state index in [9.17, 15) is 14.0 Å². The number of carbonyl (C=O) groups excluding carboxylic acids is 2. The molecule has 1 saturated heterocycles. The van der Waals surface area contributed by atoms with Crippen molar-refractivity contribution in [3.8, 4) is 11.1 Å². The number of amides is 2. The molecule has 7 heteroatoms. The number of likely N-dealkylation sites (tertiary alicyclic amines) is 1. The van der Waals surface area contributed by atoms with E-state index >= 15 is 0 Å². The van der Waals surface area contributed by atoms with Crippen LogP contribution in [0.2, 0.25) is 0 Å². The average Bonchev–Trinajstić information content (AvgIpc) is 3.10. The zero-order valence-electron chi connectivity index (χ0n) is 15.9. The molecule has 0 unspecified atom stereocenters. The summed E-state index contributed by atoms with van der Waals surface area (Å²) >= 11 is 0. The second-order valence-corrected chi connectivity index (χ2v) is 8.00. The summed E-state index contributed by atoms with van der Waals surface area (Å²) in [5, 5.41) is 9.90. The Kier molecular flexibility index (Phi) is 5.30. The molecule has 2 aromatic rings. The van der Waals surface area contributed by atoms with Crippen molar-refractivity contribution in [2.24, 2.45) is 0 Å². The van der Waals surface area contributed by atoms with Crippen molar-refractivity contribution in [1.29, 1.82) is 0 Å². The topological polar surface area (TPSA) is 78.1 Å². The summed E-state index contributed by atoms with van der Waals surface area (Å²) in [6.07, 6.45) is 3.41. The summed E-state index contributed by atoms with van der Waals surface area (Å²) in [5.74, 6) is -1.32. The van der Waals surface area contributed by atoms with Crippen molar-refractivity contribution in [3.05, 3.63) is 42.0 Å². The Bertz CT molecular complexity index is 823. The van der Waals surface area contributed by atoms with Crippen LogP contribution in [0.5, 0.6) is 0 Å². The van der Waals surface area contributed by atoms with E-state index in [1.54, 1.807) is 23.2 Å². The number of nitrogens with zero attached hydrogens (tertiary/aromatic N) is 2. The minimum absolute atomic E-state index is 0.0488. The van der Waals surface area contributed by atoms with Crippen LogP contribution >= 0.6 is 0 Å². The molecule has 1 aliphatic rings. The third-order valence-electron chi connectivity index (χ3n) is 4.62. The number of halogens is 1. The summed E-state index contributed by atoms with van der Waals surface area (Å²) < 4.78 is 13.2. The van der Waals surface area contributed by atoms with Gasteiger partial charge in [0.15, 0.2) is 0 Å². The largest absolute Gasteiger partial charge is 0.343 e. The van der Waals surface area contributed by atoms with E-state index in [4.69, 9.17) is 0 Å². The number of benzene rings is 1. The van der Waals surface area contributed by atoms with Crippen molar-refractivity contribution in [2.45, 2.75) is 45.1 Å². The predicted octanol–water partition coefficient (Wildman–Crippen LogP) is 2.84. The highest BCUT2D eigenvalue weighted by Crippen LogP contribution is 2.33. The molecule has 0 aliphatic carbocycles. The van der Waals surface area contributed by atoms with Crippen LogP contribution in [-0.4, -0.2) is 45.5 Å². The number of carbonyl (C=O) groups is 2. The highest BCUT2D eigenvalue weighted by atomic mass is 19.1. The molecule has 0 spiro atoms. The monoisotopic (exact) mass is 372 g/mol. The Morgan fingerprint density at radius 3 is 2.63 bits per heavy atom. The highest BCUT2D eigenvalue weighted by Gasteiger charge is 2.31. The Hall–Kier alpha value is -2.70. The number of H-pyrrole nitrogens is 1. The van der Waals surface area contributed by atoms with Crippen LogP contribution in [0.15, 0.2) is 30.5 Å². The van der Waals surface area contributed by atoms with Gasteiger partial charge in [0.1, 0.15) is 5.82 Å². The van der Waals surface area contributed by atoms with Crippen LogP contribution in [0.25, 0.3) is 11.1 Å². The molecule has 0 bridgehead atoms. The predicted molar refractivity (Wildman–Crippen MR) is 100 cm³/mol. The third kappa shape index (κ3) is 4.53. The van der Waals surface area contributed by atoms with Crippen LogP contribution in [0.1, 0.15) is 45.2 Å². The summed E-state index contributed by atoms with van der Waals surface area (Å²) in [6, 6.07) is 6.26. The number of nitrogens with one attached hydrogen (secondary N) is 2. The Morgan fingerprint density at radius 1 is 1.26 bits per heavy atom. The van der Waals surface area contributed by atoms with Gasteiger partial charge in [0.2, 0.25) is 0 Å². The summed E-state index contributed by atoms with van der Waals surface area (Å²) in [6.45, 7) is 6.55. The zero-order valence-corrected chi connectivity index (χ0v) is 15.9. The lowest BCUT2D eigenvalue weighted by Crippen LogP contribution is -2.51. The van der Waals surface area contributed by atoms with Crippen LogP contribution in [0, 0.1) is 5.82 Å². The van der Waals surface area contributed by atoms with Gasteiger partial charge in [-0.05, 0) is 51.3 Å². The minimum atomic E-state index is -0.577. The van der Waals surface area contributed by atoms with Gasteiger partial charge in [-0.25, -0.2) is 4.39 Å². The number of aromatic nitrogens is 2. The van der Waals surface area contributed by atoms with Gasteiger partial charge in [-0.3, -0.25) is 14.7 Å². The number of piperidine rings is 1. The minimum Gasteiger partial charge on any atom is -0.343 e. The molecular formula is C20H25FN4O2. The second kappa shape index (κ2) is 7.50. The molecular weight excluding hydrogens is 347 g/mol. The molecule has 1 fully saturated rings. The van der Waals surface area contributed by atoms with Gasteiger partial charge in [-0.2, -0.15) is 5.10 Å². The standard InChI is InChI=1S/C20H25FN4O2/c1-20(2,3)23-18(26)19(27)25-10-4-5-14(12-25)17-16(11-22-24-17)13-6-8-15(21)9-7-13/h6-9,11,14H,4-5,10,12H2,1-3H3,(H,22,24)(H,23,26)/t14-/m0/s1. The molecule has 3 rings (SSSR count). The summed E-state index contributed by atoms with van der Waals surface area (Å²) in [7, 11) is 0. The molecule has 6 nitrogen and oxygen atoms in total. The van der Waals surface area contributed by atoms with E-state index in [1.165, 1.54) is 12.1 Å². The number of rotatable bonds is 2. The van der Waals surface area contributed by atoms with Gasteiger partial charge in [0, 0.05) is 35.8 Å². The van der Waals surface area contributed by atoms with E-state index in [0.717, 1.165) is 29.7 Å². The third-order valence-corrected chi connectivity index (χ3v) is 4.62. The molecule has 2 heterocycles. The van der Waals surface area contributed by atoms with Crippen molar-refractivity contribution in [3.63, 3.8) is 0 Å². The lowest BCUT2D eigenvalue weighted by Gasteiger charge is -2.33. The normalized spacial score (nSPS) is 17.6. The SMILES string of the molecule is CC(C)(C)NC(=O)C(=O)N1CCC[C@H](c2[nH]ncc2-c2ccc(F)cc2)C1. The maximum absolute atomic E-state index is 13.2. The quantitative estimate of drug-likeness (QED) is 0.796. The maximum Gasteiger partial charge on any atom is 0.311 e. The molecule has 1 aromatic carbocycles. The Morgan fingerprint density at radius 2 is 1.96 bits per heavy atom. The Balaban J connectivity index is 1.76. The Labute approximate surface area is 158 Å². The second-order valence-electron chi connectivity index (χ2n) is 8.00. The lowest BCUT2D eigenvalue weighted by atomic mass is 9.90. The van der Waals surface area contributed by atoms with Crippen molar-refractivity contribution >= 4 is 11.8 Å². The van der Waals surface area contributed by atoms with E-state index < -0.39 is 17.4 Å². The molecule has 144 valence electrons. The first-order valence-corrected chi connectivity index (χ1v) is 9.15.